The summed E-state index contributed by atoms with van der Waals surface area (Å²) in [4.78, 5) is 16.1. The summed E-state index contributed by atoms with van der Waals surface area (Å²) in [6, 6.07) is 0.124. The Morgan fingerprint density at radius 2 is 2.22 bits per heavy atom. The summed E-state index contributed by atoms with van der Waals surface area (Å²) in [6.45, 7) is 4.47. The molecule has 0 atom stereocenters. The monoisotopic (exact) mass is 247 g/mol. The van der Waals surface area contributed by atoms with E-state index in [1.807, 2.05) is 27.1 Å². The third-order valence-corrected chi connectivity index (χ3v) is 2.64. The molecule has 0 bridgehead atoms. The largest absolute Gasteiger partial charge is 0.361 e. The average Bonchev–Trinajstić information content (AvgIpc) is 2.73. The van der Waals surface area contributed by atoms with E-state index in [4.69, 9.17) is 0 Å². The van der Waals surface area contributed by atoms with Gasteiger partial charge in [0.2, 0.25) is 0 Å². The van der Waals surface area contributed by atoms with Crippen LogP contribution in [0.15, 0.2) is 29.6 Å². The first kappa shape index (κ1) is 12.3. The molecule has 0 fully saturated rings. The molecular weight excluding hydrogens is 230 g/mol. The first-order valence-electron chi connectivity index (χ1n) is 5.86. The molecule has 2 heterocycles. The van der Waals surface area contributed by atoms with Crippen LogP contribution in [0.1, 0.15) is 25.5 Å². The smallest absolute Gasteiger partial charge is 0.293 e. The van der Waals surface area contributed by atoms with Crippen LogP contribution in [-0.2, 0) is 13.6 Å². The molecule has 0 aliphatic carbocycles. The van der Waals surface area contributed by atoms with Crippen LogP contribution in [0, 0.1) is 0 Å². The minimum Gasteiger partial charge on any atom is -0.361 e. The van der Waals surface area contributed by atoms with E-state index in [0.717, 1.165) is 5.56 Å². The third-order valence-electron chi connectivity index (χ3n) is 2.64. The standard InChI is InChI=1S/C12H17N5O/c1-9(2)17-5-4-13-11(12(17)18)14-6-10-7-15-16(3)8-10/h4-5,7-9H,6H2,1-3H3,(H,13,14). The third kappa shape index (κ3) is 2.58. The van der Waals surface area contributed by atoms with Crippen LogP contribution < -0.4 is 10.9 Å². The minimum absolute atomic E-state index is 0.101. The van der Waals surface area contributed by atoms with Crippen molar-refractivity contribution in [2.45, 2.75) is 26.4 Å². The van der Waals surface area contributed by atoms with Gasteiger partial charge in [-0.15, -0.1) is 0 Å². The summed E-state index contributed by atoms with van der Waals surface area (Å²) >= 11 is 0. The highest BCUT2D eigenvalue weighted by molar-refractivity contribution is 5.32. The van der Waals surface area contributed by atoms with Crippen molar-refractivity contribution in [2.24, 2.45) is 7.05 Å². The van der Waals surface area contributed by atoms with Gasteiger partial charge in [0.25, 0.3) is 5.56 Å². The summed E-state index contributed by atoms with van der Waals surface area (Å²) in [5, 5.41) is 7.11. The van der Waals surface area contributed by atoms with Gasteiger partial charge in [0.05, 0.1) is 6.20 Å². The zero-order valence-electron chi connectivity index (χ0n) is 10.8. The van der Waals surface area contributed by atoms with Gasteiger partial charge < -0.3 is 9.88 Å². The van der Waals surface area contributed by atoms with Gasteiger partial charge in [-0.2, -0.15) is 5.10 Å². The molecule has 2 aromatic rings. The SMILES string of the molecule is CC(C)n1ccnc(NCc2cnn(C)c2)c1=O. The van der Waals surface area contributed by atoms with Gasteiger partial charge in [-0.3, -0.25) is 9.48 Å². The molecule has 0 radical (unpaired) electrons. The second kappa shape index (κ2) is 5.03. The quantitative estimate of drug-likeness (QED) is 0.880. The molecule has 0 spiro atoms. The maximum absolute atomic E-state index is 12.1. The van der Waals surface area contributed by atoms with E-state index in [-0.39, 0.29) is 11.6 Å². The number of anilines is 1. The average molecular weight is 247 g/mol. The number of rotatable bonds is 4. The number of hydrogen-bond acceptors (Lipinski definition) is 4. The maximum atomic E-state index is 12.1. The summed E-state index contributed by atoms with van der Waals surface area (Å²) in [7, 11) is 1.86. The predicted molar refractivity (Wildman–Crippen MR) is 69.4 cm³/mol. The van der Waals surface area contributed by atoms with Crippen LogP contribution >= 0.6 is 0 Å². The molecule has 0 saturated heterocycles. The highest BCUT2D eigenvalue weighted by Crippen LogP contribution is 2.03. The second-order valence-corrected chi connectivity index (χ2v) is 4.46. The summed E-state index contributed by atoms with van der Waals surface area (Å²) in [5.74, 6) is 0.370. The van der Waals surface area contributed by atoms with E-state index in [9.17, 15) is 4.79 Å². The summed E-state index contributed by atoms with van der Waals surface area (Å²) in [5.41, 5.74) is 0.912. The topological polar surface area (TPSA) is 64.7 Å². The Kier molecular flexibility index (Phi) is 3.45. The zero-order chi connectivity index (χ0) is 13.1. The minimum atomic E-state index is -0.101. The highest BCUT2D eigenvalue weighted by Gasteiger charge is 2.07. The van der Waals surface area contributed by atoms with E-state index in [2.05, 4.69) is 15.4 Å². The Morgan fingerprint density at radius 1 is 1.44 bits per heavy atom. The Balaban J connectivity index is 2.15. The van der Waals surface area contributed by atoms with Crippen LogP contribution in [0.3, 0.4) is 0 Å². The molecule has 2 rings (SSSR count). The first-order valence-corrected chi connectivity index (χ1v) is 5.86. The van der Waals surface area contributed by atoms with Gasteiger partial charge in [-0.05, 0) is 13.8 Å². The Bertz CT molecular complexity index is 584. The fourth-order valence-electron chi connectivity index (χ4n) is 1.70. The zero-order valence-corrected chi connectivity index (χ0v) is 10.8. The molecule has 2 aromatic heterocycles. The number of hydrogen-bond donors (Lipinski definition) is 1. The van der Waals surface area contributed by atoms with Crippen LogP contribution in [0.2, 0.25) is 0 Å². The first-order chi connectivity index (χ1) is 8.58. The normalized spacial score (nSPS) is 10.9. The van der Waals surface area contributed by atoms with Gasteiger partial charge in [-0.25, -0.2) is 4.98 Å². The van der Waals surface area contributed by atoms with Crippen molar-refractivity contribution in [3.8, 4) is 0 Å². The molecule has 6 heteroatoms. The van der Waals surface area contributed by atoms with E-state index in [1.54, 1.807) is 27.8 Å². The van der Waals surface area contributed by atoms with E-state index >= 15 is 0 Å². The van der Waals surface area contributed by atoms with Gasteiger partial charge in [0.1, 0.15) is 0 Å². The molecule has 18 heavy (non-hydrogen) atoms. The Labute approximate surface area is 105 Å². The molecule has 96 valence electrons. The lowest BCUT2D eigenvalue weighted by atomic mass is 10.3. The van der Waals surface area contributed by atoms with E-state index in [1.165, 1.54) is 0 Å². The molecule has 0 unspecified atom stereocenters. The molecule has 0 aliphatic heterocycles. The second-order valence-electron chi connectivity index (χ2n) is 4.46. The van der Waals surface area contributed by atoms with E-state index < -0.39 is 0 Å². The summed E-state index contributed by atoms with van der Waals surface area (Å²) < 4.78 is 3.38. The van der Waals surface area contributed by atoms with Gasteiger partial charge >= 0.3 is 0 Å². The van der Waals surface area contributed by atoms with Crippen molar-refractivity contribution >= 4 is 5.82 Å². The molecule has 0 aromatic carbocycles. The lowest BCUT2D eigenvalue weighted by Gasteiger charge is -2.11. The van der Waals surface area contributed by atoms with Crippen LogP contribution in [0.5, 0.6) is 0 Å². The van der Waals surface area contributed by atoms with E-state index in [0.29, 0.717) is 12.4 Å². The number of aromatic nitrogens is 4. The maximum Gasteiger partial charge on any atom is 0.293 e. The fraction of sp³-hybridized carbons (Fsp3) is 0.417. The molecule has 0 aliphatic rings. The lowest BCUT2D eigenvalue weighted by Crippen LogP contribution is -2.25. The number of nitrogens with one attached hydrogen (secondary N) is 1. The molecule has 0 amide bonds. The number of aryl methyl sites for hydroxylation is 1. The highest BCUT2D eigenvalue weighted by atomic mass is 16.1. The van der Waals surface area contributed by atoms with Crippen molar-refractivity contribution in [1.82, 2.24) is 19.3 Å². The van der Waals surface area contributed by atoms with Crippen LogP contribution in [0.4, 0.5) is 5.82 Å². The van der Waals surface area contributed by atoms with Crippen molar-refractivity contribution in [2.75, 3.05) is 5.32 Å². The molecule has 6 nitrogen and oxygen atoms in total. The van der Waals surface area contributed by atoms with Crippen LogP contribution in [0.25, 0.3) is 0 Å². The van der Waals surface area contributed by atoms with Crippen LogP contribution in [-0.4, -0.2) is 19.3 Å². The summed E-state index contributed by atoms with van der Waals surface area (Å²) in [6.07, 6.45) is 6.99. The Morgan fingerprint density at radius 3 is 2.83 bits per heavy atom. The van der Waals surface area contributed by atoms with Crippen molar-refractivity contribution < 1.29 is 0 Å². The Hall–Kier alpha value is -2.11. The molecular formula is C12H17N5O. The van der Waals surface area contributed by atoms with Crippen molar-refractivity contribution in [3.63, 3.8) is 0 Å². The van der Waals surface area contributed by atoms with Gasteiger partial charge in [0, 0.05) is 43.8 Å². The number of nitrogens with zero attached hydrogens (tertiary/aromatic N) is 4. The van der Waals surface area contributed by atoms with Crippen molar-refractivity contribution in [3.05, 3.63) is 40.7 Å². The van der Waals surface area contributed by atoms with Crippen molar-refractivity contribution in [1.29, 1.82) is 0 Å². The van der Waals surface area contributed by atoms with Gasteiger partial charge in [0.15, 0.2) is 5.82 Å². The van der Waals surface area contributed by atoms with Gasteiger partial charge in [-0.1, -0.05) is 0 Å². The molecule has 1 N–H and O–H groups in total. The fourth-order valence-corrected chi connectivity index (χ4v) is 1.70. The molecule has 0 saturated carbocycles. The lowest BCUT2D eigenvalue weighted by molar-refractivity contribution is 0.575. The predicted octanol–water partition coefficient (Wildman–Crippen LogP) is 1.17.